The van der Waals surface area contributed by atoms with Gasteiger partial charge in [-0.15, -0.1) is 0 Å². The molecule has 104 valence electrons. The number of nitrogens with two attached hydrogens (primary N) is 1. The summed E-state index contributed by atoms with van der Waals surface area (Å²) < 4.78 is 0.899. The van der Waals surface area contributed by atoms with Crippen molar-refractivity contribution >= 4 is 21.8 Å². The number of hydrogen-bond acceptors (Lipinski definition) is 2. The van der Waals surface area contributed by atoms with E-state index in [9.17, 15) is 4.79 Å². The zero-order valence-corrected chi connectivity index (χ0v) is 12.7. The fourth-order valence-electron chi connectivity index (χ4n) is 2.02. The molecule has 0 aliphatic carbocycles. The van der Waals surface area contributed by atoms with Gasteiger partial charge in [0.25, 0.3) is 5.91 Å². The maximum absolute atomic E-state index is 12.5. The Bertz CT molecular complexity index is 572. The molecule has 20 heavy (non-hydrogen) atoms. The SMILES string of the molecule is NCCN(Cc1ccccc1)C(=O)c1cccc(Br)c1. The molecule has 2 N–H and O–H groups in total. The number of hydrogen-bond donors (Lipinski definition) is 1. The third-order valence-corrected chi connectivity index (χ3v) is 3.47. The van der Waals surface area contributed by atoms with Crippen molar-refractivity contribution < 1.29 is 4.79 Å². The van der Waals surface area contributed by atoms with Crippen LogP contribution in [0.4, 0.5) is 0 Å². The van der Waals surface area contributed by atoms with Crippen molar-refractivity contribution in [3.05, 3.63) is 70.2 Å². The Morgan fingerprint density at radius 1 is 1.10 bits per heavy atom. The minimum atomic E-state index is 0.000558. The smallest absolute Gasteiger partial charge is 0.254 e. The summed E-state index contributed by atoms with van der Waals surface area (Å²) in [5, 5.41) is 0. The van der Waals surface area contributed by atoms with E-state index in [0.29, 0.717) is 25.2 Å². The number of amides is 1. The number of halogens is 1. The van der Waals surface area contributed by atoms with Crippen molar-refractivity contribution in [2.75, 3.05) is 13.1 Å². The number of carbonyl (C=O) groups excluding carboxylic acids is 1. The van der Waals surface area contributed by atoms with Gasteiger partial charge in [-0.1, -0.05) is 52.3 Å². The quantitative estimate of drug-likeness (QED) is 0.914. The molecule has 0 bridgehead atoms. The van der Waals surface area contributed by atoms with Gasteiger partial charge in [-0.25, -0.2) is 0 Å². The summed E-state index contributed by atoms with van der Waals surface area (Å²) in [5.74, 6) is 0.000558. The fraction of sp³-hybridized carbons (Fsp3) is 0.188. The molecule has 0 atom stereocenters. The van der Waals surface area contributed by atoms with Gasteiger partial charge >= 0.3 is 0 Å². The molecule has 0 saturated carbocycles. The van der Waals surface area contributed by atoms with Gasteiger partial charge in [0.2, 0.25) is 0 Å². The summed E-state index contributed by atoms with van der Waals surface area (Å²) in [6, 6.07) is 17.3. The highest BCUT2D eigenvalue weighted by Gasteiger charge is 2.15. The second kappa shape index (κ2) is 7.22. The first kappa shape index (κ1) is 14.8. The fourth-order valence-corrected chi connectivity index (χ4v) is 2.42. The van der Waals surface area contributed by atoms with Crippen LogP contribution in [0.2, 0.25) is 0 Å². The van der Waals surface area contributed by atoms with Crippen LogP contribution in [0.25, 0.3) is 0 Å². The molecule has 2 aromatic rings. The summed E-state index contributed by atoms with van der Waals surface area (Å²) >= 11 is 3.39. The lowest BCUT2D eigenvalue weighted by Crippen LogP contribution is -2.34. The second-order valence-corrected chi connectivity index (χ2v) is 5.43. The lowest BCUT2D eigenvalue weighted by molar-refractivity contribution is 0.0748. The molecular weight excluding hydrogens is 316 g/mol. The van der Waals surface area contributed by atoms with Crippen LogP contribution in [0.5, 0.6) is 0 Å². The van der Waals surface area contributed by atoms with E-state index in [1.807, 2.05) is 54.6 Å². The summed E-state index contributed by atoms with van der Waals surface area (Å²) in [7, 11) is 0. The number of nitrogens with zero attached hydrogens (tertiary/aromatic N) is 1. The molecule has 2 rings (SSSR count). The van der Waals surface area contributed by atoms with Gasteiger partial charge in [-0.05, 0) is 23.8 Å². The van der Waals surface area contributed by atoms with Crippen molar-refractivity contribution in [1.82, 2.24) is 4.90 Å². The molecular formula is C16H17BrN2O. The zero-order valence-electron chi connectivity index (χ0n) is 11.1. The maximum atomic E-state index is 12.5. The van der Waals surface area contributed by atoms with Gasteiger partial charge in [0.1, 0.15) is 0 Å². The van der Waals surface area contributed by atoms with Crippen LogP contribution >= 0.6 is 15.9 Å². The Morgan fingerprint density at radius 3 is 2.50 bits per heavy atom. The van der Waals surface area contributed by atoms with E-state index in [1.54, 1.807) is 4.90 Å². The van der Waals surface area contributed by atoms with E-state index in [-0.39, 0.29) is 5.91 Å². The predicted molar refractivity (Wildman–Crippen MR) is 84.4 cm³/mol. The average Bonchev–Trinajstić information content (AvgIpc) is 2.47. The largest absolute Gasteiger partial charge is 0.333 e. The highest BCUT2D eigenvalue weighted by atomic mass is 79.9. The first-order valence-corrected chi connectivity index (χ1v) is 7.29. The minimum absolute atomic E-state index is 0.000558. The monoisotopic (exact) mass is 332 g/mol. The molecule has 3 nitrogen and oxygen atoms in total. The van der Waals surface area contributed by atoms with Crippen LogP contribution < -0.4 is 5.73 Å². The second-order valence-electron chi connectivity index (χ2n) is 4.51. The molecule has 2 aromatic carbocycles. The predicted octanol–water partition coefficient (Wildman–Crippen LogP) is 3.05. The van der Waals surface area contributed by atoms with Gasteiger partial charge in [0, 0.05) is 29.7 Å². The normalized spacial score (nSPS) is 10.3. The Balaban J connectivity index is 2.18. The minimum Gasteiger partial charge on any atom is -0.333 e. The molecule has 4 heteroatoms. The lowest BCUT2D eigenvalue weighted by Gasteiger charge is -2.22. The van der Waals surface area contributed by atoms with Crippen LogP contribution in [0.3, 0.4) is 0 Å². The maximum Gasteiger partial charge on any atom is 0.254 e. The van der Waals surface area contributed by atoms with Gasteiger partial charge in [-0.2, -0.15) is 0 Å². The summed E-state index contributed by atoms with van der Waals surface area (Å²) in [5.41, 5.74) is 7.40. The molecule has 1 amide bonds. The Kier molecular flexibility index (Phi) is 5.32. The number of rotatable bonds is 5. The van der Waals surface area contributed by atoms with Crippen LogP contribution in [-0.4, -0.2) is 23.9 Å². The zero-order chi connectivity index (χ0) is 14.4. The van der Waals surface area contributed by atoms with Gasteiger partial charge in [0.05, 0.1) is 0 Å². The van der Waals surface area contributed by atoms with Gasteiger partial charge < -0.3 is 10.6 Å². The Labute approximate surface area is 127 Å². The van der Waals surface area contributed by atoms with Crippen molar-refractivity contribution in [1.29, 1.82) is 0 Å². The third-order valence-electron chi connectivity index (χ3n) is 2.97. The summed E-state index contributed by atoms with van der Waals surface area (Å²) in [4.78, 5) is 14.3. The van der Waals surface area contributed by atoms with Crippen LogP contribution in [-0.2, 0) is 6.54 Å². The highest BCUT2D eigenvalue weighted by Crippen LogP contribution is 2.15. The molecule has 0 aliphatic heterocycles. The first-order valence-electron chi connectivity index (χ1n) is 6.49. The molecule has 0 heterocycles. The van der Waals surface area contributed by atoms with Crippen molar-refractivity contribution in [3.63, 3.8) is 0 Å². The highest BCUT2D eigenvalue weighted by molar-refractivity contribution is 9.10. The standard InChI is InChI=1S/C16H17BrN2O/c17-15-8-4-7-14(11-15)16(20)19(10-9-18)12-13-5-2-1-3-6-13/h1-8,11H,9-10,12,18H2. The van der Waals surface area contributed by atoms with Crippen LogP contribution in [0.1, 0.15) is 15.9 Å². The third kappa shape index (κ3) is 3.92. The first-order chi connectivity index (χ1) is 9.70. The van der Waals surface area contributed by atoms with E-state index in [0.717, 1.165) is 10.0 Å². The van der Waals surface area contributed by atoms with Crippen molar-refractivity contribution in [2.24, 2.45) is 5.73 Å². The van der Waals surface area contributed by atoms with E-state index < -0.39 is 0 Å². The molecule has 0 fully saturated rings. The molecule has 0 saturated heterocycles. The molecule has 0 unspecified atom stereocenters. The lowest BCUT2D eigenvalue weighted by atomic mass is 10.1. The Morgan fingerprint density at radius 2 is 1.85 bits per heavy atom. The summed E-state index contributed by atoms with van der Waals surface area (Å²) in [6.07, 6.45) is 0. The average molecular weight is 333 g/mol. The molecule has 0 spiro atoms. The molecule has 0 aliphatic rings. The Hall–Kier alpha value is -1.65. The van der Waals surface area contributed by atoms with E-state index in [4.69, 9.17) is 5.73 Å². The van der Waals surface area contributed by atoms with Crippen LogP contribution in [0.15, 0.2) is 59.1 Å². The summed E-state index contributed by atoms with van der Waals surface area (Å²) in [6.45, 7) is 1.57. The van der Waals surface area contributed by atoms with E-state index >= 15 is 0 Å². The van der Waals surface area contributed by atoms with Gasteiger partial charge in [-0.3, -0.25) is 4.79 Å². The van der Waals surface area contributed by atoms with E-state index in [2.05, 4.69) is 15.9 Å². The molecule has 0 radical (unpaired) electrons. The molecule has 0 aromatic heterocycles. The van der Waals surface area contributed by atoms with Crippen molar-refractivity contribution in [2.45, 2.75) is 6.54 Å². The van der Waals surface area contributed by atoms with Crippen LogP contribution in [0, 0.1) is 0 Å². The van der Waals surface area contributed by atoms with Gasteiger partial charge in [0.15, 0.2) is 0 Å². The van der Waals surface area contributed by atoms with Crippen molar-refractivity contribution in [3.8, 4) is 0 Å². The number of carbonyl (C=O) groups is 1. The topological polar surface area (TPSA) is 46.3 Å². The van der Waals surface area contributed by atoms with E-state index in [1.165, 1.54) is 0 Å². The number of benzene rings is 2.